The molecule has 0 saturated carbocycles. The van der Waals surface area contributed by atoms with E-state index in [1.165, 1.54) is 24.1 Å². The van der Waals surface area contributed by atoms with Gasteiger partial charge in [0.25, 0.3) is 5.91 Å². The Morgan fingerprint density at radius 3 is 2.81 bits per heavy atom. The summed E-state index contributed by atoms with van der Waals surface area (Å²) in [5.74, 6) is -1.76. The normalized spacial score (nSPS) is 21.6. The molecular weight excluding hydrogens is 277 g/mol. The van der Waals surface area contributed by atoms with Crippen molar-refractivity contribution >= 4 is 11.9 Å². The molecule has 1 aromatic carbocycles. The lowest BCUT2D eigenvalue weighted by atomic mass is 10.1. The van der Waals surface area contributed by atoms with E-state index in [1.54, 1.807) is 13.0 Å². The number of likely N-dealkylation sites (tertiary alicyclic amines) is 1. The summed E-state index contributed by atoms with van der Waals surface area (Å²) in [6.07, 6.45) is 0.148. The number of benzene rings is 1. The Morgan fingerprint density at radius 1 is 1.48 bits per heavy atom. The second-order valence-electron chi connectivity index (χ2n) is 5.22. The van der Waals surface area contributed by atoms with E-state index >= 15 is 0 Å². The van der Waals surface area contributed by atoms with E-state index in [0.29, 0.717) is 13.0 Å². The number of aliphatic carboxylic acids is 1. The van der Waals surface area contributed by atoms with Gasteiger partial charge in [-0.2, -0.15) is 0 Å². The van der Waals surface area contributed by atoms with Gasteiger partial charge < -0.3 is 14.7 Å². The lowest BCUT2D eigenvalue weighted by molar-refractivity contribution is -0.137. The van der Waals surface area contributed by atoms with Crippen molar-refractivity contribution in [3.63, 3.8) is 0 Å². The molecule has 2 atom stereocenters. The van der Waals surface area contributed by atoms with Gasteiger partial charge in [0, 0.05) is 25.3 Å². The summed E-state index contributed by atoms with van der Waals surface area (Å²) in [4.78, 5) is 25.0. The van der Waals surface area contributed by atoms with Gasteiger partial charge in [-0.3, -0.25) is 9.59 Å². The van der Waals surface area contributed by atoms with Gasteiger partial charge in [-0.1, -0.05) is 6.07 Å². The summed E-state index contributed by atoms with van der Waals surface area (Å²) in [5, 5.41) is 8.96. The van der Waals surface area contributed by atoms with Crippen LogP contribution in [0.15, 0.2) is 18.2 Å². The van der Waals surface area contributed by atoms with Crippen LogP contribution in [0.5, 0.6) is 0 Å². The Kier molecular flexibility index (Phi) is 4.57. The van der Waals surface area contributed by atoms with E-state index in [1.807, 2.05) is 0 Å². The minimum atomic E-state index is -0.967. The highest BCUT2D eigenvalue weighted by molar-refractivity contribution is 5.96. The Bertz CT molecular complexity index is 561. The fourth-order valence-corrected chi connectivity index (χ4v) is 2.68. The zero-order chi connectivity index (χ0) is 15.6. The summed E-state index contributed by atoms with van der Waals surface area (Å²) in [6, 6.07) is 3.90. The largest absolute Gasteiger partial charge is 0.481 e. The first-order valence-corrected chi connectivity index (χ1v) is 6.74. The molecule has 2 rings (SSSR count). The first kappa shape index (κ1) is 15.4. The van der Waals surface area contributed by atoms with Crippen molar-refractivity contribution in [1.29, 1.82) is 0 Å². The van der Waals surface area contributed by atoms with Crippen LogP contribution in [0.25, 0.3) is 0 Å². The van der Waals surface area contributed by atoms with Gasteiger partial charge in [-0.05, 0) is 31.0 Å². The number of rotatable bonds is 4. The number of carbonyl (C=O) groups is 2. The summed E-state index contributed by atoms with van der Waals surface area (Å²) in [7, 11) is 1.53. The van der Waals surface area contributed by atoms with E-state index in [0.717, 1.165) is 0 Å². The van der Waals surface area contributed by atoms with Crippen molar-refractivity contribution < 1.29 is 23.8 Å². The second-order valence-corrected chi connectivity index (χ2v) is 5.22. The molecule has 0 radical (unpaired) electrons. The van der Waals surface area contributed by atoms with Crippen LogP contribution in [-0.2, 0) is 9.53 Å². The predicted octanol–water partition coefficient (Wildman–Crippen LogP) is 1.84. The van der Waals surface area contributed by atoms with Crippen molar-refractivity contribution in [2.45, 2.75) is 31.9 Å². The zero-order valence-electron chi connectivity index (χ0n) is 12.0. The SMILES string of the molecule is COC1CC(CC(=O)O)N(C(=O)c2cccc(F)c2C)C1. The predicted molar refractivity (Wildman–Crippen MR) is 73.6 cm³/mol. The first-order valence-electron chi connectivity index (χ1n) is 6.74. The molecule has 0 bridgehead atoms. The number of hydrogen-bond donors (Lipinski definition) is 1. The standard InChI is InChI=1S/C15H18FNO4/c1-9-12(4-3-5-13(9)16)15(20)17-8-11(21-2)6-10(17)7-14(18)19/h3-5,10-11H,6-8H2,1-2H3,(H,18,19). The summed E-state index contributed by atoms with van der Waals surface area (Å²) in [5.41, 5.74) is 0.541. The number of halogens is 1. The number of nitrogens with zero attached hydrogens (tertiary/aromatic N) is 1. The van der Waals surface area contributed by atoms with Gasteiger partial charge in [0.15, 0.2) is 0 Å². The van der Waals surface area contributed by atoms with Crippen LogP contribution in [0.2, 0.25) is 0 Å². The Hall–Kier alpha value is -1.95. The summed E-state index contributed by atoms with van der Waals surface area (Å²) >= 11 is 0. The van der Waals surface area contributed by atoms with Gasteiger partial charge in [0.2, 0.25) is 0 Å². The minimum absolute atomic E-state index is 0.139. The van der Waals surface area contributed by atoms with E-state index in [-0.39, 0.29) is 29.6 Å². The molecule has 1 aliphatic rings. The Morgan fingerprint density at radius 2 is 2.19 bits per heavy atom. The molecule has 1 fully saturated rings. The van der Waals surface area contributed by atoms with Gasteiger partial charge in [-0.25, -0.2) is 4.39 Å². The number of hydrogen-bond acceptors (Lipinski definition) is 3. The van der Waals surface area contributed by atoms with Crippen molar-refractivity contribution in [2.75, 3.05) is 13.7 Å². The molecule has 21 heavy (non-hydrogen) atoms. The van der Waals surface area contributed by atoms with Crippen molar-refractivity contribution in [3.05, 3.63) is 35.1 Å². The van der Waals surface area contributed by atoms with E-state index in [2.05, 4.69) is 0 Å². The lowest BCUT2D eigenvalue weighted by Crippen LogP contribution is -2.37. The maximum absolute atomic E-state index is 13.6. The van der Waals surface area contributed by atoms with Crippen molar-refractivity contribution in [1.82, 2.24) is 4.90 Å². The molecule has 0 spiro atoms. The van der Waals surface area contributed by atoms with Gasteiger partial charge in [-0.15, -0.1) is 0 Å². The molecule has 1 amide bonds. The number of carboxylic acids is 1. The van der Waals surface area contributed by atoms with E-state index < -0.39 is 17.8 Å². The summed E-state index contributed by atoms with van der Waals surface area (Å²) < 4.78 is 18.8. The maximum Gasteiger partial charge on any atom is 0.305 e. The van der Waals surface area contributed by atoms with Crippen LogP contribution in [0, 0.1) is 12.7 Å². The number of methoxy groups -OCH3 is 1. The topological polar surface area (TPSA) is 66.8 Å². The molecule has 1 heterocycles. The quantitative estimate of drug-likeness (QED) is 0.920. The zero-order valence-corrected chi connectivity index (χ0v) is 12.0. The molecule has 1 N–H and O–H groups in total. The fraction of sp³-hybridized carbons (Fsp3) is 0.467. The highest BCUT2D eigenvalue weighted by atomic mass is 19.1. The average molecular weight is 295 g/mol. The maximum atomic E-state index is 13.6. The third-order valence-corrected chi connectivity index (χ3v) is 3.88. The third-order valence-electron chi connectivity index (χ3n) is 3.88. The number of carbonyl (C=O) groups excluding carboxylic acids is 1. The van der Waals surface area contributed by atoms with E-state index in [9.17, 15) is 14.0 Å². The summed E-state index contributed by atoms with van der Waals surface area (Å²) in [6.45, 7) is 1.86. The fourth-order valence-electron chi connectivity index (χ4n) is 2.68. The van der Waals surface area contributed by atoms with Gasteiger partial charge >= 0.3 is 5.97 Å². The van der Waals surface area contributed by atoms with Crippen LogP contribution in [0.1, 0.15) is 28.8 Å². The average Bonchev–Trinajstić information content (AvgIpc) is 2.83. The first-order chi connectivity index (χ1) is 9.93. The molecule has 114 valence electrons. The molecule has 6 heteroatoms. The molecule has 0 aromatic heterocycles. The molecular formula is C15H18FNO4. The Labute approximate surface area is 122 Å². The van der Waals surface area contributed by atoms with Crippen LogP contribution in [0.4, 0.5) is 4.39 Å². The minimum Gasteiger partial charge on any atom is -0.481 e. The van der Waals surface area contributed by atoms with Crippen LogP contribution in [0.3, 0.4) is 0 Å². The molecule has 5 nitrogen and oxygen atoms in total. The molecule has 1 aromatic rings. The molecule has 1 aliphatic heterocycles. The second kappa shape index (κ2) is 6.22. The highest BCUT2D eigenvalue weighted by Crippen LogP contribution is 2.26. The Balaban J connectivity index is 2.27. The molecule has 2 unspecified atom stereocenters. The third kappa shape index (κ3) is 3.21. The number of amides is 1. The van der Waals surface area contributed by atoms with Crippen molar-refractivity contribution in [2.24, 2.45) is 0 Å². The van der Waals surface area contributed by atoms with E-state index in [4.69, 9.17) is 9.84 Å². The van der Waals surface area contributed by atoms with Gasteiger partial charge in [0.05, 0.1) is 12.5 Å². The van der Waals surface area contributed by atoms with Crippen LogP contribution in [-0.4, -0.2) is 47.7 Å². The molecule has 0 aliphatic carbocycles. The van der Waals surface area contributed by atoms with Crippen molar-refractivity contribution in [3.8, 4) is 0 Å². The van der Waals surface area contributed by atoms with Crippen LogP contribution >= 0.6 is 0 Å². The number of ether oxygens (including phenoxy) is 1. The van der Waals surface area contributed by atoms with Crippen LogP contribution < -0.4 is 0 Å². The highest BCUT2D eigenvalue weighted by Gasteiger charge is 2.37. The number of carboxylic acid groups (broad SMARTS) is 1. The lowest BCUT2D eigenvalue weighted by Gasteiger charge is -2.24. The monoisotopic (exact) mass is 295 g/mol. The molecule has 1 saturated heterocycles. The smallest absolute Gasteiger partial charge is 0.305 e. The van der Waals surface area contributed by atoms with Gasteiger partial charge in [0.1, 0.15) is 5.82 Å².